The number of para-hydroxylation sites is 2. The SMILES string of the molecule is CC(c1ccccc1O)[S+]([O-])c1nc2ccccc2s1. The van der Waals surface area contributed by atoms with Gasteiger partial charge in [0.2, 0.25) is 0 Å². The lowest BCUT2D eigenvalue weighted by atomic mass is 10.1. The molecule has 0 saturated carbocycles. The van der Waals surface area contributed by atoms with Gasteiger partial charge in [0.1, 0.15) is 11.0 Å². The second kappa shape index (κ2) is 5.44. The molecule has 20 heavy (non-hydrogen) atoms. The summed E-state index contributed by atoms with van der Waals surface area (Å²) < 4.78 is 14.2. The molecule has 0 amide bonds. The molecule has 0 aliphatic rings. The van der Waals surface area contributed by atoms with Gasteiger partial charge in [0.05, 0.1) is 10.2 Å². The second-order valence-electron chi connectivity index (χ2n) is 4.45. The lowest BCUT2D eigenvalue weighted by Crippen LogP contribution is -2.10. The Morgan fingerprint density at radius 3 is 2.60 bits per heavy atom. The van der Waals surface area contributed by atoms with E-state index in [1.807, 2.05) is 37.3 Å². The van der Waals surface area contributed by atoms with Crippen LogP contribution in [0, 0.1) is 0 Å². The normalized spacial score (nSPS) is 14.3. The number of aromatic hydroxyl groups is 1. The first-order valence-electron chi connectivity index (χ1n) is 6.21. The molecular weight excluding hydrogens is 290 g/mol. The van der Waals surface area contributed by atoms with Gasteiger partial charge in [-0.1, -0.05) is 41.7 Å². The van der Waals surface area contributed by atoms with Crippen LogP contribution < -0.4 is 0 Å². The molecule has 2 unspecified atom stereocenters. The minimum atomic E-state index is -1.27. The van der Waals surface area contributed by atoms with Gasteiger partial charge in [0, 0.05) is 16.7 Å². The van der Waals surface area contributed by atoms with Crippen molar-refractivity contribution < 1.29 is 9.66 Å². The Morgan fingerprint density at radius 2 is 1.85 bits per heavy atom. The van der Waals surface area contributed by atoms with Crippen LogP contribution in [0.25, 0.3) is 10.2 Å². The van der Waals surface area contributed by atoms with Crippen molar-refractivity contribution in [1.82, 2.24) is 4.98 Å². The molecule has 0 radical (unpaired) electrons. The average molecular weight is 303 g/mol. The summed E-state index contributed by atoms with van der Waals surface area (Å²) in [6, 6.07) is 14.7. The zero-order valence-corrected chi connectivity index (χ0v) is 12.4. The number of phenolic OH excluding ortho intramolecular Hbond substituents is 1. The van der Waals surface area contributed by atoms with E-state index in [9.17, 15) is 9.66 Å². The predicted molar refractivity (Wildman–Crippen MR) is 82.6 cm³/mol. The first-order chi connectivity index (χ1) is 9.66. The minimum absolute atomic E-state index is 0.175. The zero-order valence-electron chi connectivity index (χ0n) is 10.8. The summed E-state index contributed by atoms with van der Waals surface area (Å²) in [5.41, 5.74) is 1.55. The summed E-state index contributed by atoms with van der Waals surface area (Å²) in [4.78, 5) is 4.43. The average Bonchev–Trinajstić information content (AvgIpc) is 2.90. The van der Waals surface area contributed by atoms with Gasteiger partial charge in [-0.25, -0.2) is 0 Å². The quantitative estimate of drug-likeness (QED) is 0.747. The molecule has 0 saturated heterocycles. The van der Waals surface area contributed by atoms with E-state index in [0.29, 0.717) is 9.90 Å². The standard InChI is InChI=1S/C15H13NO2S2/c1-10(11-6-2-4-8-13(11)17)20(18)15-16-12-7-3-5-9-14(12)19-15/h2-10,17H,1H3. The van der Waals surface area contributed by atoms with Crippen molar-refractivity contribution in [1.29, 1.82) is 0 Å². The van der Waals surface area contributed by atoms with Crippen molar-refractivity contribution in [3.05, 3.63) is 54.1 Å². The van der Waals surface area contributed by atoms with Crippen LogP contribution in [0.3, 0.4) is 0 Å². The molecule has 1 heterocycles. The van der Waals surface area contributed by atoms with Crippen LogP contribution in [-0.2, 0) is 11.2 Å². The summed E-state index contributed by atoms with van der Waals surface area (Å²) in [6.45, 7) is 1.84. The number of fused-ring (bicyclic) bond motifs is 1. The summed E-state index contributed by atoms with van der Waals surface area (Å²) in [6.07, 6.45) is 0. The topological polar surface area (TPSA) is 56.2 Å². The van der Waals surface area contributed by atoms with Crippen LogP contribution in [0.5, 0.6) is 5.75 Å². The molecule has 0 aliphatic carbocycles. The summed E-state index contributed by atoms with van der Waals surface area (Å²) in [5, 5.41) is 9.57. The lowest BCUT2D eigenvalue weighted by Gasteiger charge is -2.16. The van der Waals surface area contributed by atoms with Crippen LogP contribution in [0.2, 0.25) is 0 Å². The van der Waals surface area contributed by atoms with E-state index in [1.165, 1.54) is 11.3 Å². The predicted octanol–water partition coefficient (Wildman–Crippen LogP) is 3.87. The molecule has 1 aromatic heterocycles. The van der Waals surface area contributed by atoms with Crippen molar-refractivity contribution in [3.8, 4) is 5.75 Å². The fourth-order valence-corrected chi connectivity index (χ4v) is 4.68. The number of nitrogens with zero attached hydrogens (tertiary/aromatic N) is 1. The van der Waals surface area contributed by atoms with Crippen LogP contribution in [0.15, 0.2) is 52.9 Å². The smallest absolute Gasteiger partial charge is 0.303 e. The molecule has 2 atom stereocenters. The van der Waals surface area contributed by atoms with E-state index in [0.717, 1.165) is 10.2 Å². The van der Waals surface area contributed by atoms with Gasteiger partial charge < -0.3 is 9.66 Å². The third kappa shape index (κ3) is 2.40. The van der Waals surface area contributed by atoms with Gasteiger partial charge in [0.15, 0.2) is 0 Å². The summed E-state index contributed by atoms with van der Waals surface area (Å²) >= 11 is 0.167. The van der Waals surface area contributed by atoms with Gasteiger partial charge in [0.25, 0.3) is 0 Å². The molecule has 0 fully saturated rings. The van der Waals surface area contributed by atoms with E-state index in [4.69, 9.17) is 0 Å². The number of thiazole rings is 1. The number of rotatable bonds is 3. The van der Waals surface area contributed by atoms with Crippen LogP contribution >= 0.6 is 11.3 Å². The maximum absolute atomic E-state index is 12.6. The number of phenols is 1. The molecule has 0 aliphatic heterocycles. The minimum Gasteiger partial charge on any atom is -0.609 e. The largest absolute Gasteiger partial charge is 0.609 e. The van der Waals surface area contributed by atoms with Gasteiger partial charge >= 0.3 is 4.34 Å². The molecule has 3 nitrogen and oxygen atoms in total. The zero-order chi connectivity index (χ0) is 14.1. The van der Waals surface area contributed by atoms with Gasteiger partial charge in [-0.15, -0.1) is 0 Å². The van der Waals surface area contributed by atoms with Crippen molar-refractivity contribution in [2.45, 2.75) is 16.5 Å². The van der Waals surface area contributed by atoms with E-state index in [1.54, 1.807) is 18.2 Å². The Hall–Kier alpha value is -1.56. The molecule has 1 N–H and O–H groups in total. The molecule has 2 aromatic carbocycles. The summed E-state index contributed by atoms with van der Waals surface area (Å²) in [7, 11) is 0. The third-order valence-electron chi connectivity index (χ3n) is 3.14. The van der Waals surface area contributed by atoms with Gasteiger partial charge in [-0.3, -0.25) is 0 Å². The highest BCUT2D eigenvalue weighted by molar-refractivity contribution is 7.93. The first-order valence-corrected chi connectivity index (χ1v) is 8.24. The highest BCUT2D eigenvalue weighted by Gasteiger charge is 2.27. The van der Waals surface area contributed by atoms with E-state index in [2.05, 4.69) is 4.98 Å². The molecule has 5 heteroatoms. The first kappa shape index (κ1) is 13.4. The van der Waals surface area contributed by atoms with Crippen molar-refractivity contribution in [2.75, 3.05) is 0 Å². The molecule has 3 rings (SSSR count). The van der Waals surface area contributed by atoms with E-state index in [-0.39, 0.29) is 11.0 Å². The maximum Gasteiger partial charge on any atom is 0.303 e. The van der Waals surface area contributed by atoms with Crippen LogP contribution in [0.1, 0.15) is 17.7 Å². The third-order valence-corrected chi connectivity index (χ3v) is 6.05. The number of benzene rings is 2. The van der Waals surface area contributed by atoms with E-state index >= 15 is 0 Å². The Labute approximate surface area is 124 Å². The number of hydrogen-bond acceptors (Lipinski definition) is 4. The lowest BCUT2D eigenvalue weighted by molar-refractivity contribution is 0.467. The van der Waals surface area contributed by atoms with Crippen LogP contribution in [0.4, 0.5) is 0 Å². The Balaban J connectivity index is 1.95. The fraction of sp³-hybridized carbons (Fsp3) is 0.133. The monoisotopic (exact) mass is 303 g/mol. The second-order valence-corrected chi connectivity index (χ2v) is 7.42. The Morgan fingerprint density at radius 1 is 1.15 bits per heavy atom. The maximum atomic E-state index is 12.6. The molecule has 3 aromatic rings. The van der Waals surface area contributed by atoms with E-state index < -0.39 is 11.2 Å². The van der Waals surface area contributed by atoms with Gasteiger partial charge in [-0.2, -0.15) is 4.98 Å². The Bertz CT molecular complexity index is 708. The van der Waals surface area contributed by atoms with Crippen molar-refractivity contribution in [3.63, 3.8) is 0 Å². The molecular formula is C15H13NO2S2. The molecule has 102 valence electrons. The fourth-order valence-electron chi connectivity index (χ4n) is 2.03. The molecule has 0 bridgehead atoms. The van der Waals surface area contributed by atoms with Gasteiger partial charge in [-0.05, 0) is 25.1 Å². The number of aromatic nitrogens is 1. The number of hydrogen-bond donors (Lipinski definition) is 1. The highest BCUT2D eigenvalue weighted by Crippen LogP contribution is 2.36. The van der Waals surface area contributed by atoms with Crippen molar-refractivity contribution in [2.24, 2.45) is 0 Å². The van der Waals surface area contributed by atoms with Crippen molar-refractivity contribution >= 4 is 32.7 Å². The Kier molecular flexibility index (Phi) is 3.65. The molecule has 0 spiro atoms. The van der Waals surface area contributed by atoms with Crippen LogP contribution in [-0.4, -0.2) is 14.6 Å². The summed E-state index contributed by atoms with van der Waals surface area (Å²) in [5.74, 6) is 0.175. The highest BCUT2D eigenvalue weighted by atomic mass is 32.2.